The molecule has 0 bridgehead atoms. The highest BCUT2D eigenvalue weighted by atomic mass is 16.5. The van der Waals surface area contributed by atoms with E-state index in [-0.39, 0.29) is 17.3 Å². The van der Waals surface area contributed by atoms with Gasteiger partial charge in [-0.25, -0.2) is 0 Å². The van der Waals surface area contributed by atoms with E-state index in [4.69, 9.17) is 10.1 Å². The van der Waals surface area contributed by atoms with Crippen LogP contribution < -0.4 is 10.6 Å². The lowest BCUT2D eigenvalue weighted by Gasteiger charge is -2.14. The maximum absolute atomic E-state index is 12.9. The average Bonchev–Trinajstić information content (AvgIpc) is 3.15. The Bertz CT molecular complexity index is 1150. The number of allylic oxidation sites excluding steroid dienone is 1. The van der Waals surface area contributed by atoms with Crippen molar-refractivity contribution in [1.82, 2.24) is 20.1 Å². The van der Waals surface area contributed by atoms with Gasteiger partial charge < -0.3 is 20.8 Å². The second-order valence-electron chi connectivity index (χ2n) is 7.07. The molecular weight excluding hydrogens is 396 g/mol. The Balaban J connectivity index is 1.90. The van der Waals surface area contributed by atoms with Crippen molar-refractivity contribution in [3.8, 4) is 0 Å². The molecule has 1 atom stereocenters. The summed E-state index contributed by atoms with van der Waals surface area (Å²) in [4.78, 5) is 30.0. The zero-order valence-corrected chi connectivity index (χ0v) is 17.5. The quantitative estimate of drug-likeness (QED) is 0.223. The average molecular weight is 420 g/mol. The molecule has 1 aromatic carbocycles. The van der Waals surface area contributed by atoms with E-state index in [1.807, 2.05) is 12.1 Å². The first kappa shape index (κ1) is 21.8. The second-order valence-corrected chi connectivity index (χ2v) is 7.07. The lowest BCUT2D eigenvalue weighted by atomic mass is 10.0. The van der Waals surface area contributed by atoms with Crippen molar-refractivity contribution in [2.45, 2.75) is 13.0 Å². The van der Waals surface area contributed by atoms with E-state index in [1.54, 1.807) is 44.6 Å². The number of pyridine rings is 1. The van der Waals surface area contributed by atoms with Gasteiger partial charge in [-0.2, -0.15) is 5.10 Å². The Morgan fingerprint density at radius 3 is 2.81 bits per heavy atom. The fourth-order valence-electron chi connectivity index (χ4n) is 2.98. The number of carbonyl (C=O) groups excluding carboxylic acids is 2. The summed E-state index contributed by atoms with van der Waals surface area (Å²) in [7, 11) is 3.24. The van der Waals surface area contributed by atoms with Crippen LogP contribution in [0.25, 0.3) is 10.9 Å². The van der Waals surface area contributed by atoms with Gasteiger partial charge in [-0.3, -0.25) is 19.3 Å². The number of nitrogens with one attached hydrogen (secondary N) is 3. The monoisotopic (exact) mass is 420 g/mol. The van der Waals surface area contributed by atoms with E-state index in [1.165, 1.54) is 24.1 Å². The smallest absolute Gasteiger partial charge is 0.261 e. The third-order valence-electron chi connectivity index (χ3n) is 4.45. The van der Waals surface area contributed by atoms with Crippen molar-refractivity contribution in [2.24, 2.45) is 7.05 Å². The van der Waals surface area contributed by atoms with Gasteiger partial charge in [0.2, 0.25) is 0 Å². The second kappa shape index (κ2) is 9.77. The fourth-order valence-corrected chi connectivity index (χ4v) is 2.98. The maximum atomic E-state index is 12.9. The van der Waals surface area contributed by atoms with Crippen LogP contribution in [0.1, 0.15) is 12.5 Å². The van der Waals surface area contributed by atoms with E-state index < -0.39 is 11.8 Å². The summed E-state index contributed by atoms with van der Waals surface area (Å²) in [6.07, 6.45) is 6.04. The lowest BCUT2D eigenvalue weighted by Crippen LogP contribution is -2.39. The van der Waals surface area contributed by atoms with Gasteiger partial charge >= 0.3 is 0 Å². The first-order valence-corrected chi connectivity index (χ1v) is 9.62. The minimum Gasteiger partial charge on any atom is -0.383 e. The normalized spacial score (nSPS) is 12.4. The third-order valence-corrected chi connectivity index (χ3v) is 4.45. The lowest BCUT2D eigenvalue weighted by molar-refractivity contribution is -0.122. The SMILES string of the molecule is COC[C@H](C)NC(=O)/C(=C/C(=N)c1ccc2ncccc2c1)C(=O)Nc1cnn(C)c1. The highest BCUT2D eigenvalue weighted by Gasteiger charge is 2.21. The van der Waals surface area contributed by atoms with Crippen molar-refractivity contribution >= 4 is 34.1 Å². The molecule has 0 aliphatic carbocycles. The van der Waals surface area contributed by atoms with Crippen LogP contribution in [0.3, 0.4) is 0 Å². The molecule has 2 heterocycles. The van der Waals surface area contributed by atoms with Gasteiger partial charge in [-0.15, -0.1) is 0 Å². The Morgan fingerprint density at radius 1 is 1.29 bits per heavy atom. The third kappa shape index (κ3) is 5.61. The van der Waals surface area contributed by atoms with Crippen LogP contribution >= 0.6 is 0 Å². The van der Waals surface area contributed by atoms with Crippen molar-refractivity contribution in [1.29, 1.82) is 5.41 Å². The molecule has 2 amide bonds. The molecule has 3 N–H and O–H groups in total. The largest absolute Gasteiger partial charge is 0.383 e. The number of benzene rings is 1. The van der Waals surface area contributed by atoms with Crippen LogP contribution in [-0.2, 0) is 21.4 Å². The van der Waals surface area contributed by atoms with Gasteiger partial charge in [0, 0.05) is 43.5 Å². The number of methoxy groups -OCH3 is 1. The Morgan fingerprint density at radius 2 is 2.10 bits per heavy atom. The Hall–Kier alpha value is -3.85. The molecule has 3 rings (SSSR count). The van der Waals surface area contributed by atoms with Gasteiger partial charge in [-0.1, -0.05) is 12.1 Å². The fraction of sp³-hybridized carbons (Fsp3) is 0.227. The highest BCUT2D eigenvalue weighted by Crippen LogP contribution is 2.15. The molecule has 9 heteroatoms. The molecule has 0 aliphatic heterocycles. The first-order chi connectivity index (χ1) is 14.9. The molecule has 2 aromatic heterocycles. The number of amides is 2. The number of fused-ring (bicyclic) bond motifs is 1. The van der Waals surface area contributed by atoms with Gasteiger partial charge in [-0.05, 0) is 31.2 Å². The van der Waals surface area contributed by atoms with E-state index in [0.717, 1.165) is 10.9 Å². The summed E-state index contributed by atoms with van der Waals surface area (Å²) in [6.45, 7) is 2.05. The minimum atomic E-state index is -0.637. The number of hydrogen-bond acceptors (Lipinski definition) is 6. The molecule has 3 aromatic rings. The summed E-state index contributed by atoms with van der Waals surface area (Å²) in [5, 5.41) is 18.7. The maximum Gasteiger partial charge on any atom is 0.261 e. The van der Waals surface area contributed by atoms with E-state index >= 15 is 0 Å². The van der Waals surface area contributed by atoms with E-state index in [2.05, 4.69) is 20.7 Å². The summed E-state index contributed by atoms with van der Waals surface area (Å²) in [5.41, 5.74) is 1.63. The summed E-state index contributed by atoms with van der Waals surface area (Å²) >= 11 is 0. The van der Waals surface area contributed by atoms with Gasteiger partial charge in [0.15, 0.2) is 0 Å². The van der Waals surface area contributed by atoms with Crippen LogP contribution in [0.15, 0.2) is 60.6 Å². The molecule has 0 saturated heterocycles. The Labute approximate surface area is 179 Å². The molecule has 0 spiro atoms. The van der Waals surface area contributed by atoms with Crippen molar-refractivity contribution in [2.75, 3.05) is 19.0 Å². The highest BCUT2D eigenvalue weighted by molar-refractivity contribution is 6.27. The molecule has 0 unspecified atom stereocenters. The molecule has 0 radical (unpaired) electrons. The van der Waals surface area contributed by atoms with Crippen molar-refractivity contribution in [3.63, 3.8) is 0 Å². The number of rotatable bonds is 8. The molecule has 0 saturated carbocycles. The number of hydrogen-bond donors (Lipinski definition) is 3. The molecule has 160 valence electrons. The molecule has 0 fully saturated rings. The van der Waals surface area contributed by atoms with Crippen LogP contribution in [0.5, 0.6) is 0 Å². The first-order valence-electron chi connectivity index (χ1n) is 9.62. The number of ether oxygens (including phenoxy) is 1. The number of nitrogens with zero attached hydrogens (tertiary/aromatic N) is 3. The van der Waals surface area contributed by atoms with Gasteiger partial charge in [0.1, 0.15) is 5.57 Å². The predicted molar refractivity (Wildman–Crippen MR) is 118 cm³/mol. The zero-order chi connectivity index (χ0) is 22.4. The van der Waals surface area contributed by atoms with Gasteiger partial charge in [0.05, 0.1) is 29.7 Å². The molecular formula is C22H24N6O3. The minimum absolute atomic E-state index is 0.0247. The summed E-state index contributed by atoms with van der Waals surface area (Å²) < 4.78 is 6.57. The number of aromatic nitrogens is 3. The number of anilines is 1. The van der Waals surface area contributed by atoms with Crippen LogP contribution in [0.4, 0.5) is 5.69 Å². The predicted octanol–water partition coefficient (Wildman–Crippen LogP) is 2.05. The van der Waals surface area contributed by atoms with Crippen LogP contribution in [0, 0.1) is 5.41 Å². The summed E-state index contributed by atoms with van der Waals surface area (Å²) in [6, 6.07) is 8.71. The topological polar surface area (TPSA) is 122 Å². The Kier molecular flexibility index (Phi) is 6.88. The number of carbonyl (C=O) groups is 2. The zero-order valence-electron chi connectivity index (χ0n) is 17.5. The van der Waals surface area contributed by atoms with E-state index in [0.29, 0.717) is 17.9 Å². The van der Waals surface area contributed by atoms with Gasteiger partial charge in [0.25, 0.3) is 11.8 Å². The molecule has 9 nitrogen and oxygen atoms in total. The van der Waals surface area contributed by atoms with E-state index in [9.17, 15) is 9.59 Å². The molecule has 31 heavy (non-hydrogen) atoms. The van der Waals surface area contributed by atoms with Crippen LogP contribution in [0.2, 0.25) is 0 Å². The summed E-state index contributed by atoms with van der Waals surface area (Å²) in [5.74, 6) is -1.24. The van der Waals surface area contributed by atoms with Crippen LogP contribution in [-0.4, -0.2) is 52.0 Å². The standard InChI is InChI=1S/C22H24N6O3/c1-14(13-31-3)26-21(29)18(22(30)27-17-11-25-28(2)12-17)10-19(23)15-6-7-20-16(9-15)5-4-8-24-20/h4-12,14,23H,13H2,1-3H3,(H,26,29)(H,27,30)/b18-10-,23-19?/t14-/m0/s1. The van der Waals surface area contributed by atoms with Crippen molar-refractivity contribution < 1.29 is 14.3 Å². The molecule has 0 aliphatic rings. The van der Waals surface area contributed by atoms with Crippen molar-refractivity contribution in [3.05, 3.63) is 66.1 Å². The number of aryl methyl sites for hydroxylation is 1.